The van der Waals surface area contributed by atoms with Crippen LogP contribution in [0.15, 0.2) is 22.8 Å². The minimum atomic E-state index is -0.491. The normalized spacial score (nSPS) is 11.6. The number of methoxy groups -OCH3 is 1. The van der Waals surface area contributed by atoms with Gasteiger partial charge in [0.2, 0.25) is 11.7 Å². The highest BCUT2D eigenvalue weighted by molar-refractivity contribution is 5.85. The maximum atomic E-state index is 11.6. The number of carbonyl (C=O) groups excluding carboxylic acids is 1. The molecule has 0 N–H and O–H groups in total. The average molecular weight is 334 g/mol. The summed E-state index contributed by atoms with van der Waals surface area (Å²) in [4.78, 5) is 17.8. The van der Waals surface area contributed by atoms with Gasteiger partial charge < -0.3 is 13.9 Å². The summed E-state index contributed by atoms with van der Waals surface area (Å²) in [5.41, 5.74) is -0.448. The van der Waals surface area contributed by atoms with Crippen molar-refractivity contribution in [2.45, 2.75) is 39.8 Å². The first-order chi connectivity index (χ1) is 11.4. The fraction of sp³-hybridized carbons (Fsp3) is 0.556. The summed E-state index contributed by atoms with van der Waals surface area (Å²) >= 11 is 0. The first-order valence-electron chi connectivity index (χ1n) is 7.98. The van der Waals surface area contributed by atoms with Crippen LogP contribution in [0.1, 0.15) is 44.1 Å². The van der Waals surface area contributed by atoms with Gasteiger partial charge in [0.25, 0.3) is 0 Å². The van der Waals surface area contributed by atoms with Crippen molar-refractivity contribution in [1.82, 2.24) is 9.88 Å². The summed E-state index contributed by atoms with van der Waals surface area (Å²) in [6.07, 6.45) is 5.18. The van der Waals surface area contributed by atoms with E-state index in [0.717, 1.165) is 6.54 Å². The molecule has 0 saturated heterocycles. The van der Waals surface area contributed by atoms with Crippen molar-refractivity contribution >= 4 is 5.97 Å². The van der Waals surface area contributed by atoms with Gasteiger partial charge in [-0.3, -0.25) is 4.90 Å². The van der Waals surface area contributed by atoms with Gasteiger partial charge in [0.05, 0.1) is 19.3 Å². The molecule has 132 valence electrons. The van der Waals surface area contributed by atoms with Gasteiger partial charge in [0.1, 0.15) is 5.60 Å². The van der Waals surface area contributed by atoms with E-state index in [1.54, 1.807) is 14.0 Å². The number of rotatable bonds is 8. The van der Waals surface area contributed by atoms with Crippen molar-refractivity contribution in [3.05, 3.63) is 30.0 Å². The Kier molecular flexibility index (Phi) is 8.24. The summed E-state index contributed by atoms with van der Waals surface area (Å²) in [7, 11) is 1.64. The van der Waals surface area contributed by atoms with E-state index in [1.165, 1.54) is 6.20 Å². The van der Waals surface area contributed by atoms with Crippen LogP contribution in [-0.2, 0) is 16.0 Å². The molecule has 0 atom stereocenters. The third-order valence-electron chi connectivity index (χ3n) is 3.28. The van der Waals surface area contributed by atoms with Crippen LogP contribution in [-0.4, -0.2) is 48.3 Å². The van der Waals surface area contributed by atoms with Gasteiger partial charge in [-0.2, -0.15) is 0 Å². The van der Waals surface area contributed by atoms with E-state index >= 15 is 0 Å². The van der Waals surface area contributed by atoms with Crippen LogP contribution in [0.5, 0.6) is 0 Å². The van der Waals surface area contributed by atoms with Crippen molar-refractivity contribution in [2.75, 3.05) is 26.8 Å². The zero-order valence-electron chi connectivity index (χ0n) is 15.1. The van der Waals surface area contributed by atoms with E-state index in [4.69, 9.17) is 13.9 Å². The second-order valence-corrected chi connectivity index (χ2v) is 5.55. The Labute approximate surface area is 143 Å². The molecule has 0 unspecified atom stereocenters. The second kappa shape index (κ2) is 9.91. The highest BCUT2D eigenvalue weighted by Crippen LogP contribution is 2.08. The molecule has 1 aromatic rings. The molecule has 1 heterocycles. The predicted molar refractivity (Wildman–Crippen MR) is 91.4 cm³/mol. The standard InChI is InChI=1S/C18H26N2O4/c1-6-20(12-10-8-9-11-18(3,4)22-5)14-16-19-13-15(24-16)17(21)23-7-2/h8,10,13H,6-7,12,14H2,1-5H3/b10-8+. The third kappa shape index (κ3) is 6.99. The molecule has 0 spiro atoms. The van der Waals surface area contributed by atoms with E-state index < -0.39 is 11.6 Å². The zero-order chi connectivity index (χ0) is 18.0. The average Bonchev–Trinajstić information content (AvgIpc) is 3.02. The molecule has 24 heavy (non-hydrogen) atoms. The molecule has 0 radical (unpaired) electrons. The van der Waals surface area contributed by atoms with Gasteiger partial charge in [-0.25, -0.2) is 9.78 Å². The molecular weight excluding hydrogens is 308 g/mol. The molecule has 0 bridgehead atoms. The molecule has 0 aromatic carbocycles. The lowest BCUT2D eigenvalue weighted by Crippen LogP contribution is -2.23. The molecule has 0 aliphatic heterocycles. The minimum absolute atomic E-state index is 0.131. The zero-order valence-corrected chi connectivity index (χ0v) is 15.1. The minimum Gasteiger partial charge on any atom is -0.460 e. The first-order valence-corrected chi connectivity index (χ1v) is 7.98. The summed E-state index contributed by atoms with van der Waals surface area (Å²) < 4.78 is 15.5. The van der Waals surface area contributed by atoms with Gasteiger partial charge in [-0.1, -0.05) is 24.8 Å². The monoisotopic (exact) mass is 334 g/mol. The summed E-state index contributed by atoms with van der Waals surface area (Å²) in [6.45, 7) is 9.96. The summed E-state index contributed by atoms with van der Waals surface area (Å²) in [5.74, 6) is 6.11. The van der Waals surface area contributed by atoms with Crippen LogP contribution in [0.4, 0.5) is 0 Å². The molecule has 6 nitrogen and oxygen atoms in total. The number of aromatic nitrogens is 1. The van der Waals surface area contributed by atoms with E-state index in [2.05, 4.69) is 21.7 Å². The molecule has 0 saturated carbocycles. The third-order valence-corrected chi connectivity index (χ3v) is 3.28. The number of hydrogen-bond acceptors (Lipinski definition) is 6. The van der Waals surface area contributed by atoms with Crippen molar-refractivity contribution in [3.63, 3.8) is 0 Å². The molecule has 0 amide bonds. The first kappa shape index (κ1) is 19.9. The number of carbonyl (C=O) groups is 1. The molecule has 1 aromatic heterocycles. The fourth-order valence-corrected chi connectivity index (χ4v) is 1.70. The SMILES string of the molecule is CCOC(=O)c1cnc(CN(CC)C/C=C/C#CC(C)(C)OC)o1. The van der Waals surface area contributed by atoms with E-state index in [9.17, 15) is 4.79 Å². The van der Waals surface area contributed by atoms with Crippen LogP contribution < -0.4 is 0 Å². The topological polar surface area (TPSA) is 64.8 Å². The molecule has 0 aliphatic rings. The van der Waals surface area contributed by atoms with Crippen LogP contribution in [0.2, 0.25) is 0 Å². The van der Waals surface area contributed by atoms with Crippen LogP contribution in [0, 0.1) is 11.8 Å². The van der Waals surface area contributed by atoms with Gasteiger partial charge in [-0.05, 0) is 33.4 Å². The van der Waals surface area contributed by atoms with Gasteiger partial charge in [-0.15, -0.1) is 0 Å². The van der Waals surface area contributed by atoms with Crippen molar-refractivity contribution in [3.8, 4) is 11.8 Å². The smallest absolute Gasteiger partial charge is 0.375 e. The number of oxazole rings is 1. The van der Waals surface area contributed by atoms with Gasteiger partial charge in [0.15, 0.2) is 0 Å². The highest BCUT2D eigenvalue weighted by Gasteiger charge is 2.14. The Bertz CT molecular complexity index is 608. The molecule has 0 fully saturated rings. The number of likely N-dealkylation sites (N-methyl/N-ethyl adjacent to an activating group) is 1. The number of allylic oxidation sites excluding steroid dienone is 1. The maximum Gasteiger partial charge on any atom is 0.375 e. The number of hydrogen-bond donors (Lipinski definition) is 0. The van der Waals surface area contributed by atoms with Gasteiger partial charge >= 0.3 is 5.97 Å². The Morgan fingerprint density at radius 2 is 2.21 bits per heavy atom. The number of ether oxygens (including phenoxy) is 2. The van der Waals surface area contributed by atoms with Crippen LogP contribution in [0.3, 0.4) is 0 Å². The molecule has 0 aliphatic carbocycles. The Morgan fingerprint density at radius 1 is 1.46 bits per heavy atom. The maximum absolute atomic E-state index is 11.6. The predicted octanol–water partition coefficient (Wildman–Crippen LogP) is 2.66. The van der Waals surface area contributed by atoms with Crippen molar-refractivity contribution in [1.29, 1.82) is 0 Å². The second-order valence-electron chi connectivity index (χ2n) is 5.55. The lowest BCUT2D eigenvalue weighted by molar-refractivity contribution is 0.0486. The largest absolute Gasteiger partial charge is 0.460 e. The number of nitrogens with zero attached hydrogens (tertiary/aromatic N) is 2. The van der Waals surface area contributed by atoms with E-state index in [1.807, 2.05) is 32.9 Å². The van der Waals surface area contributed by atoms with Crippen LogP contribution in [0.25, 0.3) is 0 Å². The molecule has 1 rings (SSSR count). The summed E-state index contributed by atoms with van der Waals surface area (Å²) in [5, 5.41) is 0. The molecule has 6 heteroatoms. The van der Waals surface area contributed by atoms with E-state index in [-0.39, 0.29) is 5.76 Å². The van der Waals surface area contributed by atoms with Crippen molar-refractivity contribution in [2.24, 2.45) is 0 Å². The molecular formula is C18H26N2O4. The Balaban J connectivity index is 2.55. The van der Waals surface area contributed by atoms with E-state index in [0.29, 0.717) is 25.6 Å². The lowest BCUT2D eigenvalue weighted by atomic mass is 10.1. The van der Waals surface area contributed by atoms with Crippen molar-refractivity contribution < 1.29 is 18.7 Å². The van der Waals surface area contributed by atoms with Gasteiger partial charge in [0, 0.05) is 13.7 Å². The fourth-order valence-electron chi connectivity index (χ4n) is 1.70. The highest BCUT2D eigenvalue weighted by atomic mass is 16.5. The Morgan fingerprint density at radius 3 is 2.83 bits per heavy atom. The Hall–Kier alpha value is -2.10. The number of esters is 1. The van der Waals surface area contributed by atoms with Crippen LogP contribution >= 0.6 is 0 Å². The summed E-state index contributed by atoms with van der Waals surface area (Å²) in [6, 6.07) is 0. The lowest BCUT2D eigenvalue weighted by Gasteiger charge is -2.15. The quantitative estimate of drug-likeness (QED) is 0.538.